The van der Waals surface area contributed by atoms with Crippen molar-refractivity contribution in [2.24, 2.45) is 0 Å². The molecule has 1 aliphatic rings. The summed E-state index contributed by atoms with van der Waals surface area (Å²) in [5, 5.41) is 0.615. The molecule has 1 aromatic rings. The molecule has 0 aromatic heterocycles. The maximum absolute atomic E-state index is 11.3. The van der Waals surface area contributed by atoms with Crippen LogP contribution in [0.4, 0.5) is 5.69 Å². The first-order valence-corrected chi connectivity index (χ1v) is 6.53. The molecular formula is C14H18ClNO2. The van der Waals surface area contributed by atoms with E-state index in [0.29, 0.717) is 16.6 Å². The van der Waals surface area contributed by atoms with Crippen molar-refractivity contribution in [2.45, 2.75) is 32.4 Å². The molecule has 0 N–H and O–H groups in total. The molecule has 0 radical (unpaired) electrons. The van der Waals surface area contributed by atoms with Crippen molar-refractivity contribution in [2.75, 3.05) is 18.6 Å². The number of benzene rings is 1. The molecule has 1 fully saturated rings. The lowest BCUT2D eigenvalue weighted by atomic mass is 10.1. The van der Waals surface area contributed by atoms with Crippen molar-refractivity contribution in [1.29, 1.82) is 0 Å². The Kier molecular flexibility index (Phi) is 3.93. The second-order valence-corrected chi connectivity index (χ2v) is 5.17. The fraction of sp³-hybridized carbons (Fsp3) is 0.500. The largest absolute Gasteiger partial charge is 0.376 e. The number of carbonyl (C=O) groups is 1. The van der Waals surface area contributed by atoms with E-state index in [1.54, 1.807) is 13.0 Å². The van der Waals surface area contributed by atoms with E-state index in [4.69, 9.17) is 16.3 Å². The molecule has 1 heterocycles. The summed E-state index contributed by atoms with van der Waals surface area (Å²) in [4.78, 5) is 13.4. The van der Waals surface area contributed by atoms with Crippen LogP contribution >= 0.6 is 11.6 Å². The van der Waals surface area contributed by atoms with Crippen LogP contribution < -0.4 is 4.90 Å². The van der Waals surface area contributed by atoms with Crippen LogP contribution in [0, 0.1) is 0 Å². The minimum absolute atomic E-state index is 0.0312. The van der Waals surface area contributed by atoms with Gasteiger partial charge in [-0.2, -0.15) is 0 Å². The third-order valence-corrected chi connectivity index (χ3v) is 3.87. The molecule has 1 aromatic carbocycles. The minimum atomic E-state index is 0.0312. The normalized spacial score (nSPS) is 23.1. The van der Waals surface area contributed by atoms with Gasteiger partial charge in [0.25, 0.3) is 0 Å². The van der Waals surface area contributed by atoms with Crippen molar-refractivity contribution < 1.29 is 9.53 Å². The zero-order valence-corrected chi connectivity index (χ0v) is 11.7. The molecule has 4 heteroatoms. The SMILES string of the molecule is CC(=O)c1ccc(N(C)C2CCOC2C)c(Cl)c1. The Labute approximate surface area is 113 Å². The van der Waals surface area contributed by atoms with Crippen LogP contribution in [0.5, 0.6) is 0 Å². The topological polar surface area (TPSA) is 29.5 Å². The third-order valence-electron chi connectivity index (χ3n) is 3.57. The van der Waals surface area contributed by atoms with Gasteiger partial charge in [-0.3, -0.25) is 4.79 Å². The van der Waals surface area contributed by atoms with Gasteiger partial charge in [0.15, 0.2) is 5.78 Å². The highest BCUT2D eigenvalue weighted by Gasteiger charge is 2.28. The molecule has 0 saturated carbocycles. The fourth-order valence-electron chi connectivity index (χ4n) is 2.42. The Morgan fingerprint density at radius 2 is 2.22 bits per heavy atom. The van der Waals surface area contributed by atoms with Gasteiger partial charge in [-0.1, -0.05) is 11.6 Å². The molecule has 2 unspecified atom stereocenters. The first-order valence-electron chi connectivity index (χ1n) is 6.15. The maximum Gasteiger partial charge on any atom is 0.159 e. The van der Waals surface area contributed by atoms with Crippen molar-refractivity contribution in [3.63, 3.8) is 0 Å². The summed E-state index contributed by atoms with van der Waals surface area (Å²) in [6.45, 7) is 4.41. The zero-order valence-electron chi connectivity index (χ0n) is 10.9. The number of rotatable bonds is 3. The van der Waals surface area contributed by atoms with Crippen LogP contribution in [-0.4, -0.2) is 31.6 Å². The van der Waals surface area contributed by atoms with Crippen LogP contribution in [0.15, 0.2) is 18.2 Å². The number of nitrogens with zero attached hydrogens (tertiary/aromatic N) is 1. The van der Waals surface area contributed by atoms with Crippen molar-refractivity contribution in [3.8, 4) is 0 Å². The molecule has 18 heavy (non-hydrogen) atoms. The first kappa shape index (κ1) is 13.4. The number of ketones is 1. The van der Waals surface area contributed by atoms with E-state index in [1.807, 2.05) is 19.2 Å². The van der Waals surface area contributed by atoms with Gasteiger partial charge < -0.3 is 9.64 Å². The second-order valence-electron chi connectivity index (χ2n) is 4.77. The molecule has 0 bridgehead atoms. The average Bonchev–Trinajstić information content (AvgIpc) is 2.74. The molecule has 0 aliphatic carbocycles. The Bertz CT molecular complexity index is 461. The van der Waals surface area contributed by atoms with Gasteiger partial charge in [0.05, 0.1) is 22.9 Å². The quantitative estimate of drug-likeness (QED) is 0.788. The fourth-order valence-corrected chi connectivity index (χ4v) is 2.73. The van der Waals surface area contributed by atoms with Gasteiger partial charge in [0.2, 0.25) is 0 Å². The summed E-state index contributed by atoms with van der Waals surface area (Å²) >= 11 is 6.26. The number of likely N-dealkylation sites (N-methyl/N-ethyl adjacent to an activating group) is 1. The van der Waals surface area contributed by atoms with E-state index in [2.05, 4.69) is 11.8 Å². The van der Waals surface area contributed by atoms with Gasteiger partial charge in [0.1, 0.15) is 0 Å². The van der Waals surface area contributed by atoms with E-state index in [0.717, 1.165) is 18.7 Å². The Balaban J connectivity index is 2.25. The number of hydrogen-bond donors (Lipinski definition) is 0. The predicted molar refractivity (Wildman–Crippen MR) is 73.7 cm³/mol. The Morgan fingerprint density at radius 3 is 2.72 bits per heavy atom. The van der Waals surface area contributed by atoms with Crippen molar-refractivity contribution >= 4 is 23.1 Å². The van der Waals surface area contributed by atoms with E-state index in [-0.39, 0.29) is 11.9 Å². The number of anilines is 1. The Hall–Kier alpha value is -1.06. The molecular weight excluding hydrogens is 250 g/mol. The first-order chi connectivity index (χ1) is 8.50. The minimum Gasteiger partial charge on any atom is -0.376 e. The van der Waals surface area contributed by atoms with E-state index in [9.17, 15) is 4.79 Å². The average molecular weight is 268 g/mol. The van der Waals surface area contributed by atoms with E-state index >= 15 is 0 Å². The van der Waals surface area contributed by atoms with Gasteiger partial charge in [-0.15, -0.1) is 0 Å². The van der Waals surface area contributed by atoms with E-state index in [1.165, 1.54) is 0 Å². The predicted octanol–water partition coefficient (Wildman–Crippen LogP) is 3.16. The summed E-state index contributed by atoms with van der Waals surface area (Å²) in [5.41, 5.74) is 1.59. The van der Waals surface area contributed by atoms with Crippen LogP contribution in [0.2, 0.25) is 5.02 Å². The molecule has 3 nitrogen and oxygen atoms in total. The number of hydrogen-bond acceptors (Lipinski definition) is 3. The summed E-state index contributed by atoms with van der Waals surface area (Å²) in [6.07, 6.45) is 1.21. The lowest BCUT2D eigenvalue weighted by molar-refractivity contribution is 0.101. The smallest absolute Gasteiger partial charge is 0.159 e. The number of Topliss-reactive ketones (excluding diaryl/α,β-unsaturated/α-hetero) is 1. The summed E-state index contributed by atoms with van der Waals surface area (Å²) in [5.74, 6) is 0.0312. The van der Waals surface area contributed by atoms with Crippen LogP contribution in [0.25, 0.3) is 0 Å². The van der Waals surface area contributed by atoms with Gasteiger partial charge in [-0.05, 0) is 38.5 Å². The van der Waals surface area contributed by atoms with Crippen molar-refractivity contribution in [3.05, 3.63) is 28.8 Å². The molecule has 98 valence electrons. The van der Waals surface area contributed by atoms with Crippen LogP contribution in [0.3, 0.4) is 0 Å². The van der Waals surface area contributed by atoms with Crippen molar-refractivity contribution in [1.82, 2.24) is 0 Å². The summed E-state index contributed by atoms with van der Waals surface area (Å²) in [7, 11) is 2.02. The highest BCUT2D eigenvalue weighted by molar-refractivity contribution is 6.33. The number of carbonyl (C=O) groups excluding carboxylic acids is 1. The van der Waals surface area contributed by atoms with Gasteiger partial charge in [0, 0.05) is 19.2 Å². The molecule has 2 rings (SSSR count). The second kappa shape index (κ2) is 5.29. The number of ether oxygens (including phenoxy) is 1. The molecule has 2 atom stereocenters. The van der Waals surface area contributed by atoms with Gasteiger partial charge in [-0.25, -0.2) is 0 Å². The zero-order chi connectivity index (χ0) is 13.3. The Morgan fingerprint density at radius 1 is 1.50 bits per heavy atom. The maximum atomic E-state index is 11.3. The number of halogens is 1. The molecule has 0 spiro atoms. The molecule has 0 amide bonds. The monoisotopic (exact) mass is 267 g/mol. The summed E-state index contributed by atoms with van der Waals surface area (Å²) < 4.78 is 5.57. The highest BCUT2D eigenvalue weighted by Crippen LogP contribution is 2.31. The third kappa shape index (κ3) is 2.52. The highest BCUT2D eigenvalue weighted by atomic mass is 35.5. The summed E-state index contributed by atoms with van der Waals surface area (Å²) in [6, 6.07) is 5.80. The van der Waals surface area contributed by atoms with Crippen LogP contribution in [-0.2, 0) is 4.74 Å². The lowest BCUT2D eigenvalue weighted by Crippen LogP contribution is -2.36. The van der Waals surface area contributed by atoms with Crippen LogP contribution in [0.1, 0.15) is 30.6 Å². The van der Waals surface area contributed by atoms with Gasteiger partial charge >= 0.3 is 0 Å². The molecule has 1 aliphatic heterocycles. The van der Waals surface area contributed by atoms with E-state index < -0.39 is 0 Å². The molecule has 1 saturated heterocycles. The standard InChI is InChI=1S/C14H18ClNO2/c1-9(17)11-4-5-14(12(15)8-11)16(3)13-6-7-18-10(13)2/h4-5,8,10,13H,6-7H2,1-3H3. The lowest BCUT2D eigenvalue weighted by Gasteiger charge is -2.29.